The van der Waals surface area contributed by atoms with E-state index in [-0.39, 0.29) is 24.3 Å². The number of nitrogens with one attached hydrogen (secondary N) is 3. The van der Waals surface area contributed by atoms with Gasteiger partial charge in [-0.25, -0.2) is 4.79 Å². The predicted octanol–water partition coefficient (Wildman–Crippen LogP) is 6.22. The highest BCUT2D eigenvalue weighted by Crippen LogP contribution is 2.27. The van der Waals surface area contributed by atoms with Crippen LogP contribution in [-0.4, -0.2) is 37.0 Å². The van der Waals surface area contributed by atoms with Crippen LogP contribution in [0.1, 0.15) is 58.6 Å². The van der Waals surface area contributed by atoms with Crippen LogP contribution in [0.2, 0.25) is 0 Å². The van der Waals surface area contributed by atoms with Crippen LogP contribution < -0.4 is 16.0 Å². The van der Waals surface area contributed by atoms with E-state index in [9.17, 15) is 14.4 Å². The molecule has 222 valence electrons. The van der Waals surface area contributed by atoms with Gasteiger partial charge in [-0.2, -0.15) is 0 Å². The third-order valence-corrected chi connectivity index (χ3v) is 7.20. The van der Waals surface area contributed by atoms with Crippen molar-refractivity contribution in [1.29, 1.82) is 0 Å². The summed E-state index contributed by atoms with van der Waals surface area (Å²) in [4.78, 5) is 38.3. The zero-order chi connectivity index (χ0) is 30.1. The molecule has 1 unspecified atom stereocenters. The minimum absolute atomic E-state index is 0.113. The second-order valence-electron chi connectivity index (χ2n) is 10.3. The molecule has 43 heavy (non-hydrogen) atoms. The first-order chi connectivity index (χ1) is 21.1. The Balaban J connectivity index is 1.31. The van der Waals surface area contributed by atoms with Crippen molar-refractivity contribution in [3.63, 3.8) is 0 Å². The standard InChI is InChI=1S/C36H39N3O4/c40-34(31-21-11-4-12-22-31)37-25-14-13-23-33(39-36(42)43-27-28-15-5-1-6-16-28)35(41)38-26-24-32(29-17-7-2-8-18-29)30-19-9-3-10-20-30/h1-12,15-22,32-33H,13-14,23-27H2,(H,37,40)(H,38,41)(H,39,42). The van der Waals surface area contributed by atoms with Crippen LogP contribution in [-0.2, 0) is 16.1 Å². The fourth-order valence-electron chi connectivity index (χ4n) is 4.90. The average Bonchev–Trinajstić information content (AvgIpc) is 3.06. The van der Waals surface area contributed by atoms with Crippen LogP contribution in [0.15, 0.2) is 121 Å². The Hall–Kier alpha value is -4.91. The van der Waals surface area contributed by atoms with Gasteiger partial charge in [-0.05, 0) is 54.5 Å². The lowest BCUT2D eigenvalue weighted by molar-refractivity contribution is -0.123. The highest BCUT2D eigenvalue weighted by Gasteiger charge is 2.22. The summed E-state index contributed by atoms with van der Waals surface area (Å²) in [5, 5.41) is 8.69. The molecule has 0 aromatic heterocycles. The summed E-state index contributed by atoms with van der Waals surface area (Å²) >= 11 is 0. The maximum atomic E-state index is 13.3. The highest BCUT2D eigenvalue weighted by atomic mass is 16.5. The molecule has 0 fully saturated rings. The van der Waals surface area contributed by atoms with E-state index < -0.39 is 12.1 Å². The van der Waals surface area contributed by atoms with E-state index in [0.29, 0.717) is 44.3 Å². The largest absolute Gasteiger partial charge is 0.445 e. The number of carbonyl (C=O) groups is 3. The second-order valence-corrected chi connectivity index (χ2v) is 10.3. The SMILES string of the molecule is O=C(NC(CCCCNC(=O)c1ccccc1)C(=O)NCCC(c1ccccc1)c1ccccc1)OCc1ccccc1. The molecule has 0 heterocycles. The van der Waals surface area contributed by atoms with E-state index in [1.54, 1.807) is 12.1 Å². The number of unbranched alkanes of at least 4 members (excludes halogenated alkanes) is 1. The lowest BCUT2D eigenvalue weighted by Gasteiger charge is -2.21. The van der Waals surface area contributed by atoms with Crippen molar-refractivity contribution in [2.75, 3.05) is 13.1 Å². The van der Waals surface area contributed by atoms with Gasteiger partial charge in [0.2, 0.25) is 5.91 Å². The van der Waals surface area contributed by atoms with Gasteiger partial charge in [0, 0.05) is 24.6 Å². The van der Waals surface area contributed by atoms with E-state index in [1.165, 1.54) is 11.1 Å². The molecular weight excluding hydrogens is 538 g/mol. The Labute approximate surface area is 253 Å². The zero-order valence-electron chi connectivity index (χ0n) is 24.3. The van der Waals surface area contributed by atoms with Crippen molar-refractivity contribution in [3.05, 3.63) is 144 Å². The summed E-state index contributed by atoms with van der Waals surface area (Å²) in [6.45, 7) is 1.02. The number of alkyl carbamates (subject to hydrolysis) is 1. The lowest BCUT2D eigenvalue weighted by Crippen LogP contribution is -2.47. The Morgan fingerprint density at radius 1 is 0.605 bits per heavy atom. The molecule has 0 spiro atoms. The molecule has 0 aliphatic rings. The first-order valence-corrected chi connectivity index (χ1v) is 14.8. The van der Waals surface area contributed by atoms with Crippen molar-refractivity contribution in [3.8, 4) is 0 Å². The number of ether oxygens (including phenoxy) is 1. The minimum Gasteiger partial charge on any atom is -0.445 e. The Morgan fingerprint density at radius 2 is 1.16 bits per heavy atom. The molecule has 3 amide bonds. The molecule has 0 aliphatic carbocycles. The quantitative estimate of drug-likeness (QED) is 0.146. The van der Waals surface area contributed by atoms with Crippen molar-refractivity contribution < 1.29 is 19.1 Å². The van der Waals surface area contributed by atoms with Crippen LogP contribution in [0.3, 0.4) is 0 Å². The number of hydrogen-bond acceptors (Lipinski definition) is 4. The number of carbonyl (C=O) groups excluding carboxylic acids is 3. The van der Waals surface area contributed by atoms with Gasteiger partial charge in [0.25, 0.3) is 5.91 Å². The first-order valence-electron chi connectivity index (χ1n) is 14.8. The summed E-state index contributed by atoms with van der Waals surface area (Å²) in [6.07, 6.45) is 1.76. The van der Waals surface area contributed by atoms with Gasteiger partial charge < -0.3 is 20.7 Å². The molecule has 1 atom stereocenters. The molecule has 0 aliphatic heterocycles. The van der Waals surface area contributed by atoms with Crippen LogP contribution in [0.4, 0.5) is 4.79 Å². The van der Waals surface area contributed by atoms with Gasteiger partial charge in [-0.15, -0.1) is 0 Å². The molecule has 0 saturated heterocycles. The maximum Gasteiger partial charge on any atom is 0.408 e. The van der Waals surface area contributed by atoms with E-state index in [1.807, 2.05) is 84.9 Å². The van der Waals surface area contributed by atoms with E-state index in [0.717, 1.165) is 5.56 Å². The molecule has 0 saturated carbocycles. The molecule has 7 heteroatoms. The van der Waals surface area contributed by atoms with Gasteiger partial charge >= 0.3 is 6.09 Å². The normalized spacial score (nSPS) is 11.4. The summed E-state index contributed by atoms with van der Waals surface area (Å²) in [7, 11) is 0. The predicted molar refractivity (Wildman–Crippen MR) is 169 cm³/mol. The van der Waals surface area contributed by atoms with Gasteiger partial charge in [0.1, 0.15) is 12.6 Å². The monoisotopic (exact) mass is 577 g/mol. The third-order valence-electron chi connectivity index (χ3n) is 7.20. The number of hydrogen-bond donors (Lipinski definition) is 3. The number of rotatable bonds is 15. The van der Waals surface area contributed by atoms with Crippen LogP contribution in [0, 0.1) is 0 Å². The molecule has 4 aromatic carbocycles. The molecular formula is C36H39N3O4. The van der Waals surface area contributed by atoms with Gasteiger partial charge in [0.05, 0.1) is 0 Å². The first kappa shape index (κ1) is 31.0. The van der Waals surface area contributed by atoms with E-state index in [4.69, 9.17) is 4.74 Å². The molecule has 4 rings (SSSR count). The minimum atomic E-state index is -0.764. The van der Waals surface area contributed by atoms with Gasteiger partial charge in [-0.3, -0.25) is 9.59 Å². The van der Waals surface area contributed by atoms with E-state index in [2.05, 4.69) is 40.2 Å². The highest BCUT2D eigenvalue weighted by molar-refractivity contribution is 5.94. The Bertz CT molecular complexity index is 1360. The topological polar surface area (TPSA) is 96.5 Å². The summed E-state index contributed by atoms with van der Waals surface area (Å²) < 4.78 is 5.39. The second kappa shape index (κ2) is 17.1. The van der Waals surface area contributed by atoms with Gasteiger partial charge in [0.15, 0.2) is 0 Å². The van der Waals surface area contributed by atoms with Crippen molar-refractivity contribution in [2.24, 2.45) is 0 Å². The van der Waals surface area contributed by atoms with Crippen molar-refractivity contribution >= 4 is 17.9 Å². The fraction of sp³-hybridized carbons (Fsp3) is 0.250. The van der Waals surface area contributed by atoms with Crippen LogP contribution >= 0.6 is 0 Å². The number of benzene rings is 4. The molecule has 4 aromatic rings. The third kappa shape index (κ3) is 10.5. The fourth-order valence-corrected chi connectivity index (χ4v) is 4.90. The smallest absolute Gasteiger partial charge is 0.408 e. The summed E-state index contributed by atoms with van der Waals surface area (Å²) in [5.41, 5.74) is 3.83. The van der Waals surface area contributed by atoms with Crippen LogP contribution in [0.25, 0.3) is 0 Å². The van der Waals surface area contributed by atoms with Crippen LogP contribution in [0.5, 0.6) is 0 Å². The molecule has 3 N–H and O–H groups in total. The molecule has 0 radical (unpaired) electrons. The van der Waals surface area contributed by atoms with Gasteiger partial charge in [-0.1, -0.05) is 109 Å². The summed E-state index contributed by atoms with van der Waals surface area (Å²) in [5.74, 6) is -0.271. The molecule has 0 bridgehead atoms. The molecule has 7 nitrogen and oxygen atoms in total. The van der Waals surface area contributed by atoms with Crippen molar-refractivity contribution in [1.82, 2.24) is 16.0 Å². The average molecular weight is 578 g/mol. The van der Waals surface area contributed by atoms with E-state index >= 15 is 0 Å². The van der Waals surface area contributed by atoms with Crippen molar-refractivity contribution in [2.45, 2.75) is 44.2 Å². The lowest BCUT2D eigenvalue weighted by atomic mass is 9.88. The Kier molecular flexibility index (Phi) is 12.4. The number of amides is 3. The Morgan fingerprint density at radius 3 is 1.77 bits per heavy atom. The summed E-state index contributed by atoms with van der Waals surface area (Å²) in [6, 6.07) is 38.1. The maximum absolute atomic E-state index is 13.3. The zero-order valence-corrected chi connectivity index (χ0v) is 24.3.